The third-order valence-corrected chi connectivity index (χ3v) is 9.25. The van der Waals surface area contributed by atoms with E-state index in [2.05, 4.69) is 121 Å². The zero-order valence-electron chi connectivity index (χ0n) is 23.8. The van der Waals surface area contributed by atoms with E-state index in [1.54, 1.807) is 5.57 Å². The maximum Gasteiger partial charge on any atom is 0.0430 e. The molecule has 38 heavy (non-hydrogen) atoms. The Hall–Kier alpha value is -3.56. The Labute approximate surface area is 228 Å². The van der Waals surface area contributed by atoms with Gasteiger partial charge in [0.15, 0.2) is 0 Å². The van der Waals surface area contributed by atoms with Gasteiger partial charge in [0.25, 0.3) is 0 Å². The van der Waals surface area contributed by atoms with Crippen LogP contribution in [0.25, 0.3) is 28.0 Å². The molecule has 0 saturated heterocycles. The first-order valence-corrected chi connectivity index (χ1v) is 14.2. The summed E-state index contributed by atoms with van der Waals surface area (Å²) in [5.41, 5.74) is 11.6. The number of hydrogen-bond acceptors (Lipinski definition) is 0. The molecular formula is C38H38. The second-order valence-corrected chi connectivity index (χ2v) is 12.3. The molecule has 3 aromatic rings. The van der Waals surface area contributed by atoms with Crippen molar-refractivity contribution >= 4 is 28.0 Å². The summed E-state index contributed by atoms with van der Waals surface area (Å²) >= 11 is 0. The molecule has 0 bridgehead atoms. The molecule has 1 atom stereocenters. The Balaban J connectivity index is 1.56. The van der Waals surface area contributed by atoms with E-state index in [4.69, 9.17) is 0 Å². The lowest BCUT2D eigenvalue weighted by Crippen LogP contribution is -2.29. The minimum atomic E-state index is -0.0236. The van der Waals surface area contributed by atoms with Crippen molar-refractivity contribution in [1.82, 2.24) is 0 Å². The second kappa shape index (κ2) is 8.74. The summed E-state index contributed by atoms with van der Waals surface area (Å²) in [6.45, 7) is 18.1. The smallest absolute Gasteiger partial charge is 0.0430 e. The van der Waals surface area contributed by atoms with Crippen molar-refractivity contribution in [2.24, 2.45) is 5.92 Å². The average molecular weight is 495 g/mol. The maximum atomic E-state index is 3.92. The van der Waals surface area contributed by atoms with Crippen molar-refractivity contribution in [3.8, 4) is 11.8 Å². The maximum absolute atomic E-state index is 3.92. The predicted molar refractivity (Wildman–Crippen MR) is 164 cm³/mol. The molecule has 0 heterocycles. The molecule has 6 rings (SSSR count). The third kappa shape index (κ3) is 3.45. The van der Waals surface area contributed by atoms with Gasteiger partial charge in [0.1, 0.15) is 0 Å². The molecule has 3 aromatic carbocycles. The van der Waals surface area contributed by atoms with Gasteiger partial charge < -0.3 is 0 Å². The van der Waals surface area contributed by atoms with Gasteiger partial charge in [-0.25, -0.2) is 0 Å². The highest BCUT2D eigenvalue weighted by Gasteiger charge is 2.48. The molecule has 0 amide bonds. The Bertz CT molecular complexity index is 1770. The first-order valence-electron chi connectivity index (χ1n) is 14.2. The first kappa shape index (κ1) is 24.8. The SMILES string of the molecule is C=C/C=c1/cccc/c1=C(\C#CC1C=C2C3=C(C1)C(C)(C)c1cccc4c(C)cc(c3c14)C2(C)C)CCC. The molecule has 0 fully saturated rings. The van der Waals surface area contributed by atoms with Gasteiger partial charge in [-0.1, -0.05) is 132 Å². The summed E-state index contributed by atoms with van der Waals surface area (Å²) in [6, 6.07) is 18.0. The molecule has 0 heteroatoms. The molecule has 3 aliphatic carbocycles. The highest BCUT2D eigenvalue weighted by atomic mass is 14.5. The van der Waals surface area contributed by atoms with E-state index < -0.39 is 0 Å². The van der Waals surface area contributed by atoms with Crippen molar-refractivity contribution < 1.29 is 0 Å². The number of benzene rings is 3. The standard InChI is InChI=1S/C38H38/c1-8-13-26-15-10-11-16-29(26)27(14-9-2)20-19-25-22-32-35-33(23-25)38(6,7)31-21-24(3)28-17-12-18-30(37(32,4)5)34(28)36(31)35/h8,10-13,15-18,21,23,25H,1,9,14,22H2,2-7H3/b26-13-,29-27+. The second-order valence-electron chi connectivity index (χ2n) is 12.3. The van der Waals surface area contributed by atoms with Crippen LogP contribution in [0.4, 0.5) is 0 Å². The summed E-state index contributed by atoms with van der Waals surface area (Å²) < 4.78 is 0. The van der Waals surface area contributed by atoms with Gasteiger partial charge in [-0.2, -0.15) is 0 Å². The quantitative estimate of drug-likeness (QED) is 0.323. The zero-order chi connectivity index (χ0) is 26.8. The Morgan fingerprint density at radius 1 is 1.03 bits per heavy atom. The fourth-order valence-corrected chi connectivity index (χ4v) is 7.27. The minimum Gasteiger partial charge on any atom is -0.0990 e. The summed E-state index contributed by atoms with van der Waals surface area (Å²) in [5.74, 6) is 7.68. The Morgan fingerprint density at radius 2 is 1.82 bits per heavy atom. The summed E-state index contributed by atoms with van der Waals surface area (Å²) in [4.78, 5) is 0. The molecule has 190 valence electrons. The number of rotatable bonds is 3. The van der Waals surface area contributed by atoms with Crippen LogP contribution in [0.2, 0.25) is 0 Å². The predicted octanol–water partition coefficient (Wildman–Crippen LogP) is 8.05. The van der Waals surface area contributed by atoms with Crippen molar-refractivity contribution in [2.45, 2.75) is 71.6 Å². The first-order chi connectivity index (χ1) is 18.2. The monoisotopic (exact) mass is 494 g/mol. The van der Waals surface area contributed by atoms with Crippen molar-refractivity contribution in [1.29, 1.82) is 0 Å². The van der Waals surface area contributed by atoms with Gasteiger partial charge in [0.05, 0.1) is 0 Å². The van der Waals surface area contributed by atoms with Crippen LogP contribution in [-0.4, -0.2) is 0 Å². The van der Waals surface area contributed by atoms with Crippen LogP contribution in [0, 0.1) is 24.7 Å². The van der Waals surface area contributed by atoms with Crippen LogP contribution in [0.3, 0.4) is 0 Å². The number of aryl methyl sites for hydroxylation is 1. The summed E-state index contributed by atoms with van der Waals surface area (Å²) in [6.07, 6.45) is 9.54. The fourth-order valence-electron chi connectivity index (χ4n) is 7.27. The van der Waals surface area contributed by atoms with Gasteiger partial charge in [0, 0.05) is 22.3 Å². The van der Waals surface area contributed by atoms with E-state index in [0.29, 0.717) is 0 Å². The molecule has 0 radical (unpaired) electrons. The van der Waals surface area contributed by atoms with Crippen LogP contribution in [0.1, 0.15) is 76.1 Å². The van der Waals surface area contributed by atoms with E-state index in [-0.39, 0.29) is 16.7 Å². The molecule has 0 N–H and O–H groups in total. The van der Waals surface area contributed by atoms with Crippen molar-refractivity contribution in [3.05, 3.63) is 111 Å². The van der Waals surface area contributed by atoms with Crippen LogP contribution in [-0.2, 0) is 10.8 Å². The van der Waals surface area contributed by atoms with Gasteiger partial charge in [-0.15, -0.1) is 0 Å². The molecule has 0 spiro atoms. The van der Waals surface area contributed by atoms with Crippen LogP contribution < -0.4 is 10.4 Å². The van der Waals surface area contributed by atoms with Gasteiger partial charge in [-0.3, -0.25) is 0 Å². The van der Waals surface area contributed by atoms with E-state index in [1.165, 1.54) is 60.2 Å². The summed E-state index contributed by atoms with van der Waals surface area (Å²) in [5, 5.41) is 5.34. The minimum absolute atomic E-state index is 0.0196. The lowest BCUT2D eigenvalue weighted by Gasteiger charge is -2.39. The van der Waals surface area contributed by atoms with Gasteiger partial charge >= 0.3 is 0 Å². The Kier molecular flexibility index (Phi) is 5.70. The zero-order valence-corrected chi connectivity index (χ0v) is 23.8. The largest absolute Gasteiger partial charge is 0.0990 e. The number of hydrogen-bond donors (Lipinski definition) is 0. The van der Waals surface area contributed by atoms with E-state index >= 15 is 0 Å². The molecular weight excluding hydrogens is 456 g/mol. The number of allylic oxidation sites excluding steroid dienone is 5. The van der Waals surface area contributed by atoms with Crippen LogP contribution in [0.15, 0.2) is 78.4 Å². The molecule has 1 unspecified atom stereocenters. The third-order valence-electron chi connectivity index (χ3n) is 9.25. The van der Waals surface area contributed by atoms with Crippen molar-refractivity contribution in [2.75, 3.05) is 0 Å². The Morgan fingerprint density at radius 3 is 2.58 bits per heavy atom. The summed E-state index contributed by atoms with van der Waals surface area (Å²) in [7, 11) is 0. The average Bonchev–Trinajstić information content (AvgIpc) is 3.12. The lowest BCUT2D eigenvalue weighted by molar-refractivity contribution is 0.566. The molecule has 0 aromatic heterocycles. The van der Waals surface area contributed by atoms with E-state index in [9.17, 15) is 0 Å². The van der Waals surface area contributed by atoms with Gasteiger partial charge in [-0.05, 0) is 74.4 Å². The van der Waals surface area contributed by atoms with Gasteiger partial charge in [0.2, 0.25) is 0 Å². The molecule has 0 aliphatic heterocycles. The lowest BCUT2D eigenvalue weighted by atomic mass is 9.64. The highest BCUT2D eigenvalue weighted by molar-refractivity contribution is 6.10. The van der Waals surface area contributed by atoms with Crippen molar-refractivity contribution in [3.63, 3.8) is 0 Å². The molecule has 0 saturated carbocycles. The highest BCUT2D eigenvalue weighted by Crippen LogP contribution is 2.62. The van der Waals surface area contributed by atoms with Crippen LogP contribution >= 0.6 is 0 Å². The fraction of sp³-hybridized carbons (Fsp3) is 0.316. The normalized spacial score (nSPS) is 21.2. The van der Waals surface area contributed by atoms with E-state index in [1.807, 2.05) is 6.08 Å². The molecule has 0 nitrogen and oxygen atoms in total. The molecule has 3 aliphatic rings. The van der Waals surface area contributed by atoms with E-state index in [0.717, 1.165) is 19.3 Å². The van der Waals surface area contributed by atoms with Crippen LogP contribution in [0.5, 0.6) is 0 Å². The topological polar surface area (TPSA) is 0 Å².